The van der Waals surface area contributed by atoms with Gasteiger partial charge in [0.1, 0.15) is 0 Å². The summed E-state index contributed by atoms with van der Waals surface area (Å²) in [5.41, 5.74) is 6.60. The lowest BCUT2D eigenvalue weighted by Gasteiger charge is -2.01. The molecule has 0 aliphatic rings. The number of ketones is 2. The number of carbonyl (C=O) groups excluding carboxylic acids is 2. The molecule has 0 saturated carbocycles. The van der Waals surface area contributed by atoms with Crippen LogP contribution in [-0.4, -0.2) is 11.6 Å². The fraction of sp³-hybridized carbons (Fsp3) is 0. The van der Waals surface area contributed by atoms with Crippen LogP contribution in [0.15, 0.2) is 72.4 Å². The van der Waals surface area contributed by atoms with E-state index in [0.717, 1.165) is 0 Å². The molecule has 0 aliphatic heterocycles. The maximum absolute atomic E-state index is 12.0. The van der Waals surface area contributed by atoms with E-state index in [1.54, 1.807) is 48.5 Å². The smallest absolute Gasteiger partial charge is 0.208 e. The van der Waals surface area contributed by atoms with Crippen molar-refractivity contribution in [2.75, 3.05) is 0 Å². The quantitative estimate of drug-likeness (QED) is 0.671. The first-order chi connectivity index (χ1) is 9.18. The molecule has 0 heterocycles. The second kappa shape index (κ2) is 5.78. The van der Waals surface area contributed by atoms with Crippen LogP contribution in [0.25, 0.3) is 0 Å². The van der Waals surface area contributed by atoms with Crippen LogP contribution in [0.2, 0.25) is 0 Å². The molecule has 0 fully saturated rings. The van der Waals surface area contributed by atoms with E-state index in [9.17, 15) is 9.59 Å². The number of Topliss-reactive ketones (excluding diaryl/α,β-unsaturated/α-hetero) is 1. The minimum absolute atomic E-state index is 0.0555. The summed E-state index contributed by atoms with van der Waals surface area (Å²) >= 11 is 0. The number of benzene rings is 2. The highest BCUT2D eigenvalue weighted by molar-refractivity contribution is 6.14. The standard InChI is InChI=1S/C16H13NO2/c17-14(16(19)13-9-5-2-6-10-13)11-15(18)12-7-3-1-4-8-12/h1-11H,17H2/b14-11-. The minimum Gasteiger partial charge on any atom is -0.395 e. The van der Waals surface area contributed by atoms with Crippen LogP contribution in [0, 0.1) is 0 Å². The molecule has 0 aliphatic carbocycles. The molecule has 94 valence electrons. The Balaban J connectivity index is 2.20. The van der Waals surface area contributed by atoms with Gasteiger partial charge in [-0.15, -0.1) is 0 Å². The topological polar surface area (TPSA) is 60.2 Å². The minimum atomic E-state index is -0.343. The van der Waals surface area contributed by atoms with Crippen LogP contribution >= 0.6 is 0 Å². The van der Waals surface area contributed by atoms with Gasteiger partial charge in [0.05, 0.1) is 5.70 Å². The maximum atomic E-state index is 12.0. The highest BCUT2D eigenvalue weighted by atomic mass is 16.1. The van der Waals surface area contributed by atoms with E-state index in [-0.39, 0.29) is 17.3 Å². The summed E-state index contributed by atoms with van der Waals surface area (Å²) in [7, 11) is 0. The zero-order valence-corrected chi connectivity index (χ0v) is 10.2. The second-order valence-corrected chi connectivity index (χ2v) is 4.03. The van der Waals surface area contributed by atoms with Crippen LogP contribution in [-0.2, 0) is 0 Å². The van der Waals surface area contributed by atoms with Crippen LogP contribution < -0.4 is 5.73 Å². The van der Waals surface area contributed by atoms with Gasteiger partial charge in [-0.05, 0) is 0 Å². The molecule has 0 amide bonds. The Labute approximate surface area is 111 Å². The van der Waals surface area contributed by atoms with Crippen LogP contribution in [0.5, 0.6) is 0 Å². The Kier molecular flexibility index (Phi) is 3.88. The van der Waals surface area contributed by atoms with Crippen molar-refractivity contribution in [2.45, 2.75) is 0 Å². The summed E-state index contributed by atoms with van der Waals surface area (Å²) in [4.78, 5) is 23.8. The average molecular weight is 251 g/mol. The van der Waals surface area contributed by atoms with Gasteiger partial charge in [0.25, 0.3) is 0 Å². The van der Waals surface area contributed by atoms with Gasteiger partial charge in [-0.3, -0.25) is 9.59 Å². The van der Waals surface area contributed by atoms with Gasteiger partial charge in [0.2, 0.25) is 5.78 Å². The molecular weight excluding hydrogens is 238 g/mol. The Morgan fingerprint density at radius 1 is 0.789 bits per heavy atom. The van der Waals surface area contributed by atoms with Gasteiger partial charge in [0, 0.05) is 17.2 Å². The molecule has 2 rings (SSSR count). The third-order valence-corrected chi connectivity index (χ3v) is 2.64. The third-order valence-electron chi connectivity index (χ3n) is 2.64. The summed E-state index contributed by atoms with van der Waals surface area (Å²) in [6, 6.07) is 17.3. The molecule has 19 heavy (non-hydrogen) atoms. The molecule has 2 aromatic carbocycles. The molecule has 0 spiro atoms. The van der Waals surface area contributed by atoms with Crippen LogP contribution in [0.1, 0.15) is 20.7 Å². The van der Waals surface area contributed by atoms with Gasteiger partial charge in [-0.25, -0.2) is 0 Å². The normalized spacial score (nSPS) is 11.1. The summed E-state index contributed by atoms with van der Waals surface area (Å²) in [6.45, 7) is 0. The Hall–Kier alpha value is -2.68. The second-order valence-electron chi connectivity index (χ2n) is 4.03. The number of hydrogen-bond acceptors (Lipinski definition) is 3. The molecule has 3 heteroatoms. The molecule has 0 atom stereocenters. The number of nitrogens with two attached hydrogens (primary N) is 1. The van der Waals surface area contributed by atoms with Crippen molar-refractivity contribution in [1.29, 1.82) is 0 Å². The largest absolute Gasteiger partial charge is 0.395 e. The first kappa shape index (κ1) is 12.8. The van der Waals surface area contributed by atoms with Gasteiger partial charge in [-0.1, -0.05) is 60.7 Å². The van der Waals surface area contributed by atoms with Crippen molar-refractivity contribution < 1.29 is 9.59 Å². The SMILES string of the molecule is N/C(=C\C(=O)c1ccccc1)C(=O)c1ccccc1. The highest BCUT2D eigenvalue weighted by Gasteiger charge is 2.10. The molecule has 0 aromatic heterocycles. The molecule has 2 N–H and O–H groups in total. The number of hydrogen-bond donors (Lipinski definition) is 1. The van der Waals surface area contributed by atoms with Crippen molar-refractivity contribution >= 4 is 11.6 Å². The number of carbonyl (C=O) groups is 2. The molecule has 0 bridgehead atoms. The zero-order chi connectivity index (χ0) is 13.7. The summed E-state index contributed by atoms with van der Waals surface area (Å²) in [5.74, 6) is -0.618. The predicted molar refractivity (Wildman–Crippen MR) is 73.8 cm³/mol. The lowest BCUT2D eigenvalue weighted by Crippen LogP contribution is -2.13. The first-order valence-corrected chi connectivity index (χ1v) is 5.85. The zero-order valence-electron chi connectivity index (χ0n) is 10.2. The summed E-state index contributed by atoms with van der Waals surface area (Å²) < 4.78 is 0. The fourth-order valence-corrected chi connectivity index (χ4v) is 1.65. The average Bonchev–Trinajstić information content (AvgIpc) is 2.48. The lowest BCUT2D eigenvalue weighted by atomic mass is 10.1. The van der Waals surface area contributed by atoms with E-state index >= 15 is 0 Å². The Morgan fingerprint density at radius 2 is 1.26 bits per heavy atom. The van der Waals surface area contributed by atoms with E-state index in [1.807, 2.05) is 12.1 Å². The molecule has 0 saturated heterocycles. The van der Waals surface area contributed by atoms with Gasteiger partial charge < -0.3 is 5.73 Å². The van der Waals surface area contributed by atoms with E-state index < -0.39 is 0 Å². The summed E-state index contributed by atoms with van der Waals surface area (Å²) in [5, 5.41) is 0. The molecular formula is C16H13NO2. The molecule has 2 aromatic rings. The van der Waals surface area contributed by atoms with Crippen LogP contribution in [0.4, 0.5) is 0 Å². The van der Waals surface area contributed by atoms with Crippen LogP contribution in [0.3, 0.4) is 0 Å². The van der Waals surface area contributed by atoms with Crippen molar-refractivity contribution in [3.63, 3.8) is 0 Å². The third kappa shape index (κ3) is 3.16. The van der Waals surface area contributed by atoms with E-state index in [4.69, 9.17) is 5.73 Å². The van der Waals surface area contributed by atoms with E-state index in [1.165, 1.54) is 6.08 Å². The maximum Gasteiger partial charge on any atom is 0.208 e. The van der Waals surface area contributed by atoms with Crippen molar-refractivity contribution in [2.24, 2.45) is 5.73 Å². The van der Waals surface area contributed by atoms with Gasteiger partial charge >= 0.3 is 0 Å². The highest BCUT2D eigenvalue weighted by Crippen LogP contribution is 2.07. The van der Waals surface area contributed by atoms with Gasteiger partial charge in [-0.2, -0.15) is 0 Å². The number of allylic oxidation sites excluding steroid dienone is 2. The predicted octanol–water partition coefficient (Wildman–Crippen LogP) is 2.59. The molecule has 0 radical (unpaired) electrons. The van der Waals surface area contributed by atoms with E-state index in [2.05, 4.69) is 0 Å². The van der Waals surface area contributed by atoms with Crippen molar-refractivity contribution in [3.8, 4) is 0 Å². The van der Waals surface area contributed by atoms with Crippen molar-refractivity contribution in [1.82, 2.24) is 0 Å². The van der Waals surface area contributed by atoms with Crippen molar-refractivity contribution in [3.05, 3.63) is 83.6 Å². The fourth-order valence-electron chi connectivity index (χ4n) is 1.65. The molecule has 0 unspecified atom stereocenters. The monoisotopic (exact) mass is 251 g/mol. The summed E-state index contributed by atoms with van der Waals surface area (Å²) in [6.07, 6.45) is 1.17. The first-order valence-electron chi connectivity index (χ1n) is 5.85. The van der Waals surface area contributed by atoms with Gasteiger partial charge in [0.15, 0.2) is 5.78 Å². The Bertz CT molecular complexity index is 616. The lowest BCUT2D eigenvalue weighted by molar-refractivity contribution is 0.101. The number of rotatable bonds is 4. The Morgan fingerprint density at radius 3 is 1.79 bits per heavy atom. The van der Waals surface area contributed by atoms with E-state index in [0.29, 0.717) is 11.1 Å². The molecule has 3 nitrogen and oxygen atoms in total.